The molecule has 3 heteroatoms. The van der Waals surface area contributed by atoms with E-state index in [1.54, 1.807) is 0 Å². The van der Waals surface area contributed by atoms with Crippen LogP contribution in [0.5, 0.6) is 0 Å². The third kappa shape index (κ3) is 2.81. The molecule has 1 fully saturated rings. The lowest BCUT2D eigenvalue weighted by Gasteiger charge is -2.38. The Labute approximate surface area is 115 Å². The Balaban J connectivity index is 2.03. The molecule has 0 radical (unpaired) electrons. The van der Waals surface area contributed by atoms with Crippen LogP contribution in [0, 0.1) is 6.92 Å². The van der Waals surface area contributed by atoms with Crippen LogP contribution in [0.3, 0.4) is 0 Å². The molecular weight excluding hydrogens is 244 g/mol. The number of halogens is 1. The maximum Gasteiger partial charge on any atom is 0.0642 e. The van der Waals surface area contributed by atoms with Crippen LogP contribution >= 0.6 is 11.6 Å². The summed E-state index contributed by atoms with van der Waals surface area (Å²) in [5.41, 5.74) is 3.61. The van der Waals surface area contributed by atoms with E-state index in [1.807, 2.05) is 6.07 Å². The molecule has 0 spiro atoms. The number of piperazine rings is 1. The van der Waals surface area contributed by atoms with Crippen molar-refractivity contribution in [3.05, 3.63) is 41.1 Å². The van der Waals surface area contributed by atoms with Crippen molar-refractivity contribution >= 4 is 17.3 Å². The summed E-state index contributed by atoms with van der Waals surface area (Å²) >= 11 is 6.32. The van der Waals surface area contributed by atoms with Gasteiger partial charge < -0.3 is 9.80 Å². The van der Waals surface area contributed by atoms with Crippen LogP contribution in [-0.4, -0.2) is 31.1 Å². The van der Waals surface area contributed by atoms with Gasteiger partial charge in [-0.25, -0.2) is 0 Å². The molecule has 1 aromatic carbocycles. The van der Waals surface area contributed by atoms with E-state index < -0.39 is 0 Å². The molecule has 2 nitrogen and oxygen atoms in total. The summed E-state index contributed by atoms with van der Waals surface area (Å²) in [5.74, 6) is 0. The SMILES string of the molecule is C=C(CC)N1CCN(c2ccc(C)cc2Cl)CC1. The van der Waals surface area contributed by atoms with Crippen molar-refractivity contribution in [2.45, 2.75) is 20.3 Å². The number of rotatable bonds is 3. The van der Waals surface area contributed by atoms with Crippen LogP contribution in [-0.2, 0) is 0 Å². The molecule has 98 valence electrons. The van der Waals surface area contributed by atoms with Crippen molar-refractivity contribution in [2.75, 3.05) is 31.1 Å². The Morgan fingerprint density at radius 3 is 2.50 bits per heavy atom. The molecule has 0 atom stereocenters. The standard InChI is InChI=1S/C15H21ClN2/c1-4-13(3)17-7-9-18(10-8-17)15-6-5-12(2)11-14(15)16/h5-6,11H,3-4,7-10H2,1-2H3. The summed E-state index contributed by atoms with van der Waals surface area (Å²) in [5, 5.41) is 0.859. The van der Waals surface area contributed by atoms with Crippen LogP contribution in [0.2, 0.25) is 5.02 Å². The zero-order valence-corrected chi connectivity index (χ0v) is 12.0. The van der Waals surface area contributed by atoms with Crippen LogP contribution < -0.4 is 4.90 Å². The fraction of sp³-hybridized carbons (Fsp3) is 0.467. The Bertz CT molecular complexity index is 434. The zero-order valence-electron chi connectivity index (χ0n) is 11.2. The van der Waals surface area contributed by atoms with Crippen LogP contribution in [0.15, 0.2) is 30.5 Å². The summed E-state index contributed by atoms with van der Waals surface area (Å²) in [7, 11) is 0. The molecular formula is C15H21ClN2. The summed E-state index contributed by atoms with van der Waals surface area (Å²) in [4.78, 5) is 4.74. The van der Waals surface area contributed by atoms with Crippen molar-refractivity contribution < 1.29 is 0 Å². The second-order valence-corrected chi connectivity index (χ2v) is 5.26. The third-order valence-electron chi connectivity index (χ3n) is 3.58. The van der Waals surface area contributed by atoms with Gasteiger partial charge in [-0.1, -0.05) is 31.2 Å². The van der Waals surface area contributed by atoms with Gasteiger partial charge in [0.1, 0.15) is 0 Å². The number of allylic oxidation sites excluding steroid dienone is 1. The molecule has 0 saturated carbocycles. The van der Waals surface area contributed by atoms with Crippen molar-refractivity contribution in [1.29, 1.82) is 0 Å². The predicted octanol–water partition coefficient (Wildman–Crippen LogP) is 3.69. The lowest BCUT2D eigenvalue weighted by atomic mass is 10.2. The first-order chi connectivity index (χ1) is 8.61. The van der Waals surface area contributed by atoms with Gasteiger partial charge in [-0.15, -0.1) is 0 Å². The fourth-order valence-electron chi connectivity index (χ4n) is 2.36. The first kappa shape index (κ1) is 13.3. The predicted molar refractivity (Wildman–Crippen MR) is 79.4 cm³/mol. The third-order valence-corrected chi connectivity index (χ3v) is 3.88. The molecule has 0 amide bonds. The molecule has 1 heterocycles. The van der Waals surface area contributed by atoms with Crippen molar-refractivity contribution in [3.8, 4) is 0 Å². The molecule has 18 heavy (non-hydrogen) atoms. The normalized spacial score (nSPS) is 15.9. The Kier molecular flexibility index (Phi) is 4.18. The molecule has 0 unspecified atom stereocenters. The molecule has 2 rings (SSSR count). The summed E-state index contributed by atoms with van der Waals surface area (Å²) in [6.45, 7) is 12.4. The van der Waals surface area contributed by atoms with E-state index in [0.717, 1.165) is 43.3 Å². The smallest absolute Gasteiger partial charge is 0.0642 e. The highest BCUT2D eigenvalue weighted by atomic mass is 35.5. The monoisotopic (exact) mass is 264 g/mol. The minimum absolute atomic E-state index is 0.859. The van der Waals surface area contributed by atoms with Crippen molar-refractivity contribution in [2.24, 2.45) is 0 Å². The number of nitrogens with zero attached hydrogens (tertiary/aromatic N) is 2. The van der Waals surface area contributed by atoms with Gasteiger partial charge in [-0.2, -0.15) is 0 Å². The molecule has 1 aliphatic heterocycles. The van der Waals surface area contributed by atoms with Gasteiger partial charge in [-0.3, -0.25) is 0 Å². The second kappa shape index (κ2) is 5.66. The quantitative estimate of drug-likeness (QED) is 0.822. The molecule has 0 aromatic heterocycles. The van der Waals surface area contributed by atoms with Gasteiger partial charge in [0.05, 0.1) is 10.7 Å². The second-order valence-electron chi connectivity index (χ2n) is 4.85. The lowest BCUT2D eigenvalue weighted by Crippen LogP contribution is -2.45. The number of hydrogen-bond acceptors (Lipinski definition) is 2. The van der Waals surface area contributed by atoms with Crippen molar-refractivity contribution in [3.63, 3.8) is 0 Å². The van der Waals surface area contributed by atoms with Gasteiger partial charge >= 0.3 is 0 Å². The topological polar surface area (TPSA) is 6.48 Å². The molecule has 0 bridgehead atoms. The van der Waals surface area contributed by atoms with E-state index in [0.29, 0.717) is 0 Å². The van der Waals surface area contributed by atoms with Gasteiger partial charge in [0.15, 0.2) is 0 Å². The maximum absolute atomic E-state index is 6.32. The highest BCUT2D eigenvalue weighted by Crippen LogP contribution is 2.28. The zero-order chi connectivity index (χ0) is 13.1. The average molecular weight is 265 g/mol. The highest BCUT2D eigenvalue weighted by molar-refractivity contribution is 6.33. The number of hydrogen-bond donors (Lipinski definition) is 0. The van der Waals surface area contributed by atoms with Crippen LogP contribution in [0.4, 0.5) is 5.69 Å². The summed E-state index contributed by atoms with van der Waals surface area (Å²) < 4.78 is 0. The summed E-state index contributed by atoms with van der Waals surface area (Å²) in [6, 6.07) is 6.29. The molecule has 1 saturated heterocycles. The molecule has 1 aliphatic rings. The number of benzene rings is 1. The van der Waals surface area contributed by atoms with E-state index in [1.165, 1.54) is 11.3 Å². The largest absolute Gasteiger partial charge is 0.372 e. The Morgan fingerprint density at radius 1 is 1.28 bits per heavy atom. The number of aryl methyl sites for hydroxylation is 1. The van der Waals surface area contributed by atoms with Crippen LogP contribution in [0.1, 0.15) is 18.9 Å². The summed E-state index contributed by atoms with van der Waals surface area (Å²) in [6.07, 6.45) is 1.03. The van der Waals surface area contributed by atoms with Gasteiger partial charge in [0.25, 0.3) is 0 Å². The van der Waals surface area contributed by atoms with E-state index in [2.05, 4.69) is 42.4 Å². The van der Waals surface area contributed by atoms with E-state index in [9.17, 15) is 0 Å². The first-order valence-corrected chi connectivity index (χ1v) is 6.93. The van der Waals surface area contributed by atoms with E-state index in [4.69, 9.17) is 11.6 Å². The minimum atomic E-state index is 0.859. The molecule has 0 aliphatic carbocycles. The van der Waals surface area contributed by atoms with E-state index in [-0.39, 0.29) is 0 Å². The fourth-order valence-corrected chi connectivity index (χ4v) is 2.71. The number of anilines is 1. The van der Waals surface area contributed by atoms with E-state index >= 15 is 0 Å². The lowest BCUT2D eigenvalue weighted by molar-refractivity contribution is 0.315. The average Bonchev–Trinajstić information content (AvgIpc) is 2.38. The van der Waals surface area contributed by atoms with Gasteiger partial charge in [0.2, 0.25) is 0 Å². The van der Waals surface area contributed by atoms with Crippen molar-refractivity contribution in [1.82, 2.24) is 4.90 Å². The Morgan fingerprint density at radius 2 is 1.94 bits per heavy atom. The minimum Gasteiger partial charge on any atom is -0.372 e. The first-order valence-electron chi connectivity index (χ1n) is 6.55. The molecule has 0 N–H and O–H groups in total. The van der Waals surface area contributed by atoms with Crippen LogP contribution in [0.25, 0.3) is 0 Å². The van der Waals surface area contributed by atoms with Gasteiger partial charge in [0, 0.05) is 31.9 Å². The van der Waals surface area contributed by atoms with Gasteiger partial charge in [-0.05, 0) is 31.0 Å². The molecule has 1 aromatic rings. The highest BCUT2D eigenvalue weighted by Gasteiger charge is 2.18. The Hall–Kier alpha value is -1.15. The maximum atomic E-state index is 6.32.